The highest BCUT2D eigenvalue weighted by atomic mass is 35.5. The van der Waals surface area contributed by atoms with Gasteiger partial charge in [0, 0.05) is 5.69 Å². The monoisotopic (exact) mass is 387 g/mol. The molecule has 0 saturated carbocycles. The number of carbonyl (C=O) groups excluding carboxylic acids is 2. The number of ether oxygens (including phenoxy) is 2. The van der Waals surface area contributed by atoms with E-state index < -0.39 is 35.2 Å². The molecule has 0 heterocycles. The number of hydrogen-bond donors (Lipinski definition) is 1. The maximum Gasteiger partial charge on any atom is 0.417 e. The Morgan fingerprint density at radius 1 is 1.15 bits per heavy atom. The van der Waals surface area contributed by atoms with Crippen molar-refractivity contribution in [2.45, 2.75) is 6.18 Å². The molecule has 0 atom stereocenters. The van der Waals surface area contributed by atoms with E-state index in [2.05, 4.69) is 10.1 Å². The van der Waals surface area contributed by atoms with E-state index in [4.69, 9.17) is 16.3 Å². The molecule has 138 valence electrons. The van der Waals surface area contributed by atoms with Crippen LogP contribution in [0, 0.1) is 0 Å². The molecule has 1 N–H and O–H groups in total. The molecule has 0 aliphatic rings. The van der Waals surface area contributed by atoms with Crippen LogP contribution in [0.3, 0.4) is 0 Å². The summed E-state index contributed by atoms with van der Waals surface area (Å²) >= 11 is 5.52. The van der Waals surface area contributed by atoms with Gasteiger partial charge in [-0.3, -0.25) is 4.79 Å². The first kappa shape index (κ1) is 19.6. The molecule has 5 nitrogen and oxygen atoms in total. The molecule has 2 aromatic rings. The minimum absolute atomic E-state index is 0.0707. The second-order valence-corrected chi connectivity index (χ2v) is 5.46. The van der Waals surface area contributed by atoms with Gasteiger partial charge in [0.25, 0.3) is 5.91 Å². The van der Waals surface area contributed by atoms with Crippen molar-refractivity contribution in [3.8, 4) is 5.75 Å². The van der Waals surface area contributed by atoms with Gasteiger partial charge in [-0.2, -0.15) is 13.2 Å². The summed E-state index contributed by atoms with van der Waals surface area (Å²) in [7, 11) is 1.23. The summed E-state index contributed by atoms with van der Waals surface area (Å²) in [6.45, 7) is -0.464. The minimum atomic E-state index is -4.64. The zero-order valence-corrected chi connectivity index (χ0v) is 14.1. The highest BCUT2D eigenvalue weighted by Crippen LogP contribution is 2.36. The van der Waals surface area contributed by atoms with Gasteiger partial charge in [-0.1, -0.05) is 17.7 Å². The van der Waals surface area contributed by atoms with Crippen LogP contribution in [0.1, 0.15) is 15.9 Å². The molecule has 0 aliphatic heterocycles. The Balaban J connectivity index is 2.01. The molecule has 0 fully saturated rings. The Kier molecular flexibility index (Phi) is 6.10. The molecule has 0 radical (unpaired) electrons. The lowest BCUT2D eigenvalue weighted by atomic mass is 10.2. The van der Waals surface area contributed by atoms with Gasteiger partial charge >= 0.3 is 12.1 Å². The highest BCUT2D eigenvalue weighted by molar-refractivity contribution is 6.31. The number of carbonyl (C=O) groups is 2. The van der Waals surface area contributed by atoms with E-state index in [0.717, 1.165) is 12.1 Å². The van der Waals surface area contributed by atoms with Gasteiger partial charge < -0.3 is 14.8 Å². The fraction of sp³-hybridized carbons (Fsp3) is 0.176. The summed E-state index contributed by atoms with van der Waals surface area (Å²) in [6.07, 6.45) is -4.64. The number of hydrogen-bond acceptors (Lipinski definition) is 4. The van der Waals surface area contributed by atoms with Crippen LogP contribution in [0.2, 0.25) is 5.02 Å². The fourth-order valence-corrected chi connectivity index (χ4v) is 2.22. The first-order valence-electron chi connectivity index (χ1n) is 7.18. The molecule has 0 aromatic heterocycles. The van der Waals surface area contributed by atoms with E-state index >= 15 is 0 Å². The lowest BCUT2D eigenvalue weighted by molar-refractivity contribution is -0.137. The van der Waals surface area contributed by atoms with Crippen molar-refractivity contribution in [3.05, 3.63) is 58.6 Å². The smallest absolute Gasteiger partial charge is 0.417 e. The summed E-state index contributed by atoms with van der Waals surface area (Å²) < 4.78 is 48.2. The maximum absolute atomic E-state index is 12.8. The van der Waals surface area contributed by atoms with Gasteiger partial charge in [0.05, 0.1) is 23.3 Å². The fourth-order valence-electron chi connectivity index (χ4n) is 2.00. The van der Waals surface area contributed by atoms with E-state index in [0.29, 0.717) is 0 Å². The Morgan fingerprint density at radius 2 is 1.88 bits per heavy atom. The number of anilines is 1. The Morgan fingerprint density at radius 3 is 2.54 bits per heavy atom. The number of nitrogens with one attached hydrogen (secondary N) is 1. The van der Waals surface area contributed by atoms with Gasteiger partial charge in [0.1, 0.15) is 5.75 Å². The quantitative estimate of drug-likeness (QED) is 0.782. The summed E-state index contributed by atoms with van der Waals surface area (Å²) in [5.41, 5.74) is -0.889. The van der Waals surface area contributed by atoms with Crippen molar-refractivity contribution in [2.24, 2.45) is 0 Å². The molecular formula is C17H13ClF3NO4. The van der Waals surface area contributed by atoms with E-state index in [1.807, 2.05) is 0 Å². The predicted octanol–water partition coefficient (Wildman–Crippen LogP) is 4.16. The van der Waals surface area contributed by atoms with Crippen molar-refractivity contribution >= 4 is 29.2 Å². The van der Waals surface area contributed by atoms with Crippen LogP contribution in [0.4, 0.5) is 18.9 Å². The zero-order valence-electron chi connectivity index (χ0n) is 13.4. The molecular weight excluding hydrogens is 375 g/mol. The summed E-state index contributed by atoms with van der Waals surface area (Å²) in [4.78, 5) is 23.3. The van der Waals surface area contributed by atoms with Crippen molar-refractivity contribution in [3.63, 3.8) is 0 Å². The molecule has 2 rings (SSSR count). The molecule has 0 unspecified atom stereocenters. The molecule has 0 saturated heterocycles. The number of halogens is 4. The summed E-state index contributed by atoms with van der Waals surface area (Å²) in [5.74, 6) is -1.01. The molecule has 0 bridgehead atoms. The largest absolute Gasteiger partial charge is 0.484 e. The number of alkyl halides is 3. The topological polar surface area (TPSA) is 64.6 Å². The van der Waals surface area contributed by atoms with Crippen LogP contribution in [0.25, 0.3) is 0 Å². The normalized spacial score (nSPS) is 11.0. The predicted molar refractivity (Wildman–Crippen MR) is 88.4 cm³/mol. The third-order valence-electron chi connectivity index (χ3n) is 3.18. The second-order valence-electron chi connectivity index (χ2n) is 5.05. The lowest BCUT2D eigenvalue weighted by Crippen LogP contribution is -2.20. The number of amides is 1. The number of benzene rings is 2. The van der Waals surface area contributed by atoms with Gasteiger partial charge in [0.2, 0.25) is 0 Å². The SMILES string of the molecule is COC(=O)c1cccc(OCC(=O)Nc2ccc(Cl)c(C(F)(F)F)c2)c1. The second kappa shape index (κ2) is 8.09. The van der Waals surface area contributed by atoms with Crippen LogP contribution in [0.15, 0.2) is 42.5 Å². The van der Waals surface area contributed by atoms with Crippen molar-refractivity contribution in [1.82, 2.24) is 0 Å². The molecule has 26 heavy (non-hydrogen) atoms. The number of rotatable bonds is 5. The third-order valence-corrected chi connectivity index (χ3v) is 3.51. The zero-order chi connectivity index (χ0) is 19.3. The summed E-state index contributed by atoms with van der Waals surface area (Å²) in [6, 6.07) is 8.96. The van der Waals surface area contributed by atoms with Crippen molar-refractivity contribution in [1.29, 1.82) is 0 Å². The van der Waals surface area contributed by atoms with Crippen LogP contribution < -0.4 is 10.1 Å². The first-order valence-corrected chi connectivity index (χ1v) is 7.56. The Hall–Kier alpha value is -2.74. The molecule has 2 aromatic carbocycles. The standard InChI is InChI=1S/C17H13ClF3NO4/c1-25-16(24)10-3-2-4-12(7-10)26-9-15(23)22-11-5-6-14(18)13(8-11)17(19,20)21/h2-8H,9H2,1H3,(H,22,23). The average Bonchev–Trinajstić information content (AvgIpc) is 2.60. The minimum Gasteiger partial charge on any atom is -0.484 e. The van der Waals surface area contributed by atoms with Crippen molar-refractivity contribution in [2.75, 3.05) is 19.0 Å². The van der Waals surface area contributed by atoms with Gasteiger partial charge in [-0.05, 0) is 36.4 Å². The number of methoxy groups -OCH3 is 1. The molecule has 0 aliphatic carbocycles. The average molecular weight is 388 g/mol. The third kappa shape index (κ3) is 5.13. The van der Waals surface area contributed by atoms with E-state index in [1.54, 1.807) is 0 Å². The van der Waals surface area contributed by atoms with Crippen LogP contribution in [0.5, 0.6) is 5.75 Å². The Labute approximate surface area is 151 Å². The molecule has 1 amide bonds. The van der Waals surface area contributed by atoms with Crippen LogP contribution in [-0.2, 0) is 15.7 Å². The molecule has 0 spiro atoms. The maximum atomic E-state index is 12.8. The van der Waals surface area contributed by atoms with Gasteiger partial charge in [-0.15, -0.1) is 0 Å². The van der Waals surface area contributed by atoms with E-state index in [1.165, 1.54) is 37.4 Å². The first-order chi connectivity index (χ1) is 12.2. The van der Waals surface area contributed by atoms with E-state index in [-0.39, 0.29) is 17.0 Å². The molecule has 9 heteroatoms. The van der Waals surface area contributed by atoms with Gasteiger partial charge in [0.15, 0.2) is 6.61 Å². The van der Waals surface area contributed by atoms with Crippen LogP contribution in [-0.4, -0.2) is 25.6 Å². The summed E-state index contributed by atoms with van der Waals surface area (Å²) in [5, 5.41) is 1.82. The van der Waals surface area contributed by atoms with E-state index in [9.17, 15) is 22.8 Å². The Bertz CT molecular complexity index is 824. The highest BCUT2D eigenvalue weighted by Gasteiger charge is 2.33. The van der Waals surface area contributed by atoms with Crippen LogP contribution >= 0.6 is 11.6 Å². The van der Waals surface area contributed by atoms with Gasteiger partial charge in [-0.25, -0.2) is 4.79 Å². The lowest BCUT2D eigenvalue weighted by Gasteiger charge is -2.12. The van der Waals surface area contributed by atoms with Crippen molar-refractivity contribution < 1.29 is 32.2 Å². The number of esters is 1.